The van der Waals surface area contributed by atoms with E-state index in [-0.39, 0.29) is 32.0 Å². The summed E-state index contributed by atoms with van der Waals surface area (Å²) in [5, 5.41) is 0. The van der Waals surface area contributed by atoms with Gasteiger partial charge in [-0.15, -0.1) is 0 Å². The minimum absolute atomic E-state index is 0.0278. The first-order valence-electron chi connectivity index (χ1n) is 25.4. The summed E-state index contributed by atoms with van der Waals surface area (Å²) in [6, 6.07) is 0. The van der Waals surface area contributed by atoms with Gasteiger partial charge in [-0.3, -0.25) is 18.6 Å². The van der Waals surface area contributed by atoms with Crippen LogP contribution in [0.2, 0.25) is 0 Å². The van der Waals surface area contributed by atoms with Crippen LogP contribution in [0.15, 0.2) is 48.6 Å². The molecule has 0 aliphatic heterocycles. The van der Waals surface area contributed by atoms with Crippen LogP contribution in [0.3, 0.4) is 0 Å². The van der Waals surface area contributed by atoms with Gasteiger partial charge in [0.25, 0.3) is 0 Å². The molecule has 0 fully saturated rings. The van der Waals surface area contributed by atoms with E-state index in [0.29, 0.717) is 17.4 Å². The number of phosphoric acid groups is 1. The van der Waals surface area contributed by atoms with Gasteiger partial charge in [0, 0.05) is 12.8 Å². The van der Waals surface area contributed by atoms with Crippen LogP contribution in [0, 0.1) is 0 Å². The van der Waals surface area contributed by atoms with Gasteiger partial charge >= 0.3 is 19.8 Å². The standard InChI is InChI=1S/C52H96NO8P/c1-6-8-10-12-14-16-18-20-22-23-24-25-26-27-28-29-31-33-35-37-39-41-43-45-52(55)61-50(49-60-62(56,57)59-47-46-53(3,4)5)48-58-51(54)44-42-40-38-36-34-32-30-21-19-17-15-13-11-9-7-2/h18,20-21,23-24,26-27,30,50H,6-17,19,22,25,28-29,31-49H2,1-5H3/p+1/b20-18-,24-23-,27-26-,30-21-. The fraction of sp³-hybridized carbons (Fsp3) is 0.808. The highest BCUT2D eigenvalue weighted by atomic mass is 31.2. The van der Waals surface area contributed by atoms with Crippen molar-refractivity contribution in [2.45, 2.75) is 225 Å². The summed E-state index contributed by atoms with van der Waals surface area (Å²) in [6.45, 7) is 4.40. The number of nitrogens with zero attached hydrogens (tertiary/aromatic N) is 1. The van der Waals surface area contributed by atoms with Crippen LogP contribution in [0.25, 0.3) is 0 Å². The van der Waals surface area contributed by atoms with Gasteiger partial charge in [0.15, 0.2) is 6.10 Å². The smallest absolute Gasteiger partial charge is 0.462 e. The Morgan fingerprint density at radius 3 is 1.31 bits per heavy atom. The highest BCUT2D eigenvalue weighted by Crippen LogP contribution is 2.43. The van der Waals surface area contributed by atoms with Crippen molar-refractivity contribution in [2.24, 2.45) is 0 Å². The van der Waals surface area contributed by atoms with E-state index >= 15 is 0 Å². The average Bonchev–Trinajstić information content (AvgIpc) is 3.23. The van der Waals surface area contributed by atoms with Crippen molar-refractivity contribution in [3.63, 3.8) is 0 Å². The van der Waals surface area contributed by atoms with Crippen LogP contribution < -0.4 is 0 Å². The molecule has 0 radical (unpaired) electrons. The second-order valence-electron chi connectivity index (χ2n) is 18.2. The Bertz CT molecular complexity index is 1190. The Morgan fingerprint density at radius 1 is 0.500 bits per heavy atom. The number of hydrogen-bond donors (Lipinski definition) is 1. The van der Waals surface area contributed by atoms with E-state index < -0.39 is 26.5 Å². The van der Waals surface area contributed by atoms with E-state index in [4.69, 9.17) is 18.5 Å². The van der Waals surface area contributed by atoms with Crippen molar-refractivity contribution in [3.8, 4) is 0 Å². The number of carbonyl (C=O) groups excluding carboxylic acids is 2. The number of allylic oxidation sites excluding steroid dienone is 8. The Balaban J connectivity index is 4.28. The molecule has 0 aromatic heterocycles. The van der Waals surface area contributed by atoms with E-state index in [1.54, 1.807) is 0 Å². The van der Waals surface area contributed by atoms with E-state index in [0.717, 1.165) is 77.0 Å². The van der Waals surface area contributed by atoms with Gasteiger partial charge in [0.1, 0.15) is 19.8 Å². The third-order valence-corrected chi connectivity index (χ3v) is 11.8. The minimum Gasteiger partial charge on any atom is -0.462 e. The Kier molecular flexibility index (Phi) is 42.7. The van der Waals surface area contributed by atoms with Crippen molar-refractivity contribution in [3.05, 3.63) is 48.6 Å². The first kappa shape index (κ1) is 60.0. The van der Waals surface area contributed by atoms with Gasteiger partial charge in [0.2, 0.25) is 0 Å². The van der Waals surface area contributed by atoms with Crippen molar-refractivity contribution in [1.29, 1.82) is 0 Å². The van der Waals surface area contributed by atoms with Crippen molar-refractivity contribution in [1.82, 2.24) is 0 Å². The number of likely N-dealkylation sites (N-methyl/N-ethyl adjacent to an activating group) is 1. The number of phosphoric ester groups is 1. The lowest BCUT2D eigenvalue weighted by Crippen LogP contribution is -2.37. The molecule has 0 aliphatic rings. The molecule has 62 heavy (non-hydrogen) atoms. The SMILES string of the molecule is CCCCCCC/C=C\C/C=C\C/C=C\CCCCCCCCCCC(=O)OC(COC(=O)CCCCCCC/C=C\CCCCCCCC)COP(=O)(O)OCC[N+](C)(C)C. The third kappa shape index (κ3) is 47.4. The first-order valence-corrected chi connectivity index (χ1v) is 26.9. The van der Waals surface area contributed by atoms with E-state index in [1.807, 2.05) is 21.1 Å². The topological polar surface area (TPSA) is 108 Å². The van der Waals surface area contributed by atoms with E-state index in [2.05, 4.69) is 62.5 Å². The third-order valence-electron chi connectivity index (χ3n) is 10.8. The predicted molar refractivity (Wildman–Crippen MR) is 261 cm³/mol. The molecule has 2 unspecified atom stereocenters. The number of quaternary nitrogens is 1. The summed E-state index contributed by atoms with van der Waals surface area (Å²) in [4.78, 5) is 35.5. The van der Waals surface area contributed by atoms with E-state index in [1.165, 1.54) is 109 Å². The van der Waals surface area contributed by atoms with Gasteiger partial charge in [-0.1, -0.05) is 178 Å². The lowest BCUT2D eigenvalue weighted by atomic mass is 10.1. The van der Waals surface area contributed by atoms with Gasteiger partial charge in [-0.25, -0.2) is 4.57 Å². The zero-order valence-corrected chi connectivity index (χ0v) is 41.7. The summed E-state index contributed by atoms with van der Waals surface area (Å²) < 4.78 is 34.4. The molecule has 2 atom stereocenters. The van der Waals surface area contributed by atoms with Gasteiger partial charge in [-0.05, 0) is 77.0 Å². The Labute approximate surface area is 382 Å². The number of hydrogen-bond acceptors (Lipinski definition) is 7. The molecule has 0 saturated carbocycles. The lowest BCUT2D eigenvalue weighted by molar-refractivity contribution is -0.870. The van der Waals surface area contributed by atoms with Crippen LogP contribution in [-0.4, -0.2) is 74.9 Å². The quantitative estimate of drug-likeness (QED) is 0.0212. The largest absolute Gasteiger partial charge is 0.472 e. The highest BCUT2D eigenvalue weighted by molar-refractivity contribution is 7.47. The predicted octanol–water partition coefficient (Wildman–Crippen LogP) is 15.0. The number of ether oxygens (including phenoxy) is 2. The van der Waals surface area contributed by atoms with Gasteiger partial charge < -0.3 is 18.9 Å². The van der Waals surface area contributed by atoms with Crippen molar-refractivity contribution >= 4 is 19.8 Å². The Morgan fingerprint density at radius 2 is 0.871 bits per heavy atom. The molecule has 0 heterocycles. The highest BCUT2D eigenvalue weighted by Gasteiger charge is 2.27. The molecule has 9 nitrogen and oxygen atoms in total. The maximum absolute atomic E-state index is 12.8. The fourth-order valence-electron chi connectivity index (χ4n) is 6.84. The molecule has 362 valence electrons. The number of unbranched alkanes of at least 4 members (excludes halogenated alkanes) is 24. The van der Waals surface area contributed by atoms with E-state index in [9.17, 15) is 19.0 Å². The fourth-order valence-corrected chi connectivity index (χ4v) is 7.58. The molecular weight excluding hydrogens is 798 g/mol. The average molecular weight is 895 g/mol. The summed E-state index contributed by atoms with van der Waals surface area (Å²) >= 11 is 0. The molecule has 0 rings (SSSR count). The molecule has 0 aliphatic carbocycles. The number of rotatable bonds is 46. The van der Waals surface area contributed by atoms with Crippen molar-refractivity contribution < 1.29 is 42.1 Å². The second-order valence-corrected chi connectivity index (χ2v) is 19.6. The molecule has 0 spiro atoms. The minimum atomic E-state index is -4.38. The van der Waals surface area contributed by atoms with Gasteiger partial charge in [0.05, 0.1) is 27.7 Å². The number of carbonyl (C=O) groups is 2. The van der Waals surface area contributed by atoms with Crippen LogP contribution in [0.4, 0.5) is 0 Å². The summed E-state index contributed by atoms with van der Waals surface area (Å²) in [7, 11) is 1.47. The van der Waals surface area contributed by atoms with Crippen LogP contribution in [0.5, 0.6) is 0 Å². The first-order chi connectivity index (χ1) is 30.0. The monoisotopic (exact) mass is 895 g/mol. The molecule has 0 saturated heterocycles. The number of esters is 2. The summed E-state index contributed by atoms with van der Waals surface area (Å²) in [5.41, 5.74) is 0. The molecule has 0 aromatic carbocycles. The normalized spacial score (nSPS) is 13.8. The molecule has 0 aromatic rings. The molecular formula is C52H97NO8P+. The molecule has 0 bridgehead atoms. The van der Waals surface area contributed by atoms with Crippen LogP contribution in [-0.2, 0) is 32.7 Å². The summed E-state index contributed by atoms with van der Waals surface area (Å²) in [5.74, 6) is -0.814. The zero-order valence-electron chi connectivity index (χ0n) is 40.9. The maximum atomic E-state index is 12.8. The van der Waals surface area contributed by atoms with Crippen molar-refractivity contribution in [2.75, 3.05) is 47.5 Å². The zero-order chi connectivity index (χ0) is 45.7. The van der Waals surface area contributed by atoms with Gasteiger partial charge in [-0.2, -0.15) is 0 Å². The molecule has 1 N–H and O–H groups in total. The lowest BCUT2D eigenvalue weighted by Gasteiger charge is -2.24. The Hall–Kier alpha value is -2.03. The molecule has 10 heteroatoms. The second kappa shape index (κ2) is 44.2. The van der Waals surface area contributed by atoms with Crippen LogP contribution in [0.1, 0.15) is 219 Å². The summed E-state index contributed by atoms with van der Waals surface area (Å²) in [6.07, 6.45) is 53.0. The van der Waals surface area contributed by atoms with Crippen LogP contribution >= 0.6 is 7.82 Å². The maximum Gasteiger partial charge on any atom is 0.472 e. The molecule has 0 amide bonds.